The van der Waals surface area contributed by atoms with Crippen molar-refractivity contribution in [3.63, 3.8) is 0 Å². The molecule has 0 radical (unpaired) electrons. The number of likely N-dealkylation sites (N-methyl/N-ethyl adjacent to an activating group) is 1. The molecule has 1 aromatic heterocycles. The number of carbonyl (C=O) groups is 1. The molecule has 0 saturated carbocycles. The molecule has 0 fully saturated rings. The van der Waals surface area contributed by atoms with Crippen molar-refractivity contribution >= 4 is 17.7 Å². The summed E-state index contributed by atoms with van der Waals surface area (Å²) >= 11 is 1.59. The van der Waals surface area contributed by atoms with E-state index >= 15 is 0 Å². The van der Waals surface area contributed by atoms with Crippen LogP contribution in [-0.2, 0) is 17.1 Å². The van der Waals surface area contributed by atoms with E-state index in [0.717, 1.165) is 0 Å². The van der Waals surface area contributed by atoms with Crippen molar-refractivity contribution in [2.24, 2.45) is 0 Å². The summed E-state index contributed by atoms with van der Waals surface area (Å²) < 4.78 is 18.1. The predicted molar refractivity (Wildman–Crippen MR) is 86.2 cm³/mol. The molecule has 2 aromatic rings. The van der Waals surface area contributed by atoms with Crippen LogP contribution in [0, 0.1) is 5.82 Å². The Kier molecular flexibility index (Phi) is 6.12. The summed E-state index contributed by atoms with van der Waals surface area (Å²) in [5.74, 6) is 1.07. The van der Waals surface area contributed by atoms with Crippen molar-refractivity contribution in [1.29, 1.82) is 0 Å². The van der Waals surface area contributed by atoms with Gasteiger partial charge in [-0.3, -0.25) is 9.69 Å². The third kappa shape index (κ3) is 4.77. The normalized spacial score (nSPS) is 12.4. The summed E-state index contributed by atoms with van der Waals surface area (Å²) in [5.41, 5.74) is 0.711. The third-order valence-electron chi connectivity index (χ3n) is 3.15. The van der Waals surface area contributed by atoms with E-state index in [2.05, 4.69) is 15.5 Å². The molecule has 1 atom stereocenters. The fourth-order valence-corrected chi connectivity index (χ4v) is 2.51. The Hall–Kier alpha value is -1.93. The minimum Gasteiger partial charge on any atom is -0.345 e. The lowest BCUT2D eigenvalue weighted by atomic mass is 10.1. The SMILES string of the molecule is CSCc1noc(CNC(=O)C(c2ccc(F)cc2)N(C)C)n1. The van der Waals surface area contributed by atoms with Gasteiger partial charge < -0.3 is 9.84 Å². The van der Waals surface area contributed by atoms with E-state index in [1.165, 1.54) is 12.1 Å². The molecule has 1 aromatic carbocycles. The highest BCUT2D eigenvalue weighted by Crippen LogP contribution is 2.19. The van der Waals surface area contributed by atoms with Gasteiger partial charge in [0, 0.05) is 0 Å². The maximum absolute atomic E-state index is 13.0. The van der Waals surface area contributed by atoms with E-state index in [1.807, 2.05) is 6.26 Å². The van der Waals surface area contributed by atoms with E-state index in [-0.39, 0.29) is 18.3 Å². The maximum Gasteiger partial charge on any atom is 0.246 e. The Morgan fingerprint density at radius 1 is 1.39 bits per heavy atom. The Balaban J connectivity index is 2.02. The summed E-state index contributed by atoms with van der Waals surface area (Å²) in [6.07, 6.45) is 1.95. The van der Waals surface area contributed by atoms with Crippen LogP contribution < -0.4 is 5.32 Å². The van der Waals surface area contributed by atoms with E-state index in [0.29, 0.717) is 23.0 Å². The molecule has 0 aliphatic rings. The maximum atomic E-state index is 13.0. The monoisotopic (exact) mass is 338 g/mol. The number of benzene rings is 1. The molecular formula is C15H19FN4O2S. The minimum absolute atomic E-state index is 0.158. The zero-order valence-corrected chi connectivity index (χ0v) is 14.1. The Morgan fingerprint density at radius 2 is 2.09 bits per heavy atom. The van der Waals surface area contributed by atoms with Gasteiger partial charge in [-0.25, -0.2) is 4.39 Å². The zero-order chi connectivity index (χ0) is 16.8. The Labute approximate surface area is 138 Å². The van der Waals surface area contributed by atoms with Gasteiger partial charge >= 0.3 is 0 Å². The molecule has 0 saturated heterocycles. The number of hydrogen-bond donors (Lipinski definition) is 1. The van der Waals surface area contributed by atoms with Crippen LogP contribution >= 0.6 is 11.8 Å². The first-order chi connectivity index (χ1) is 11.0. The van der Waals surface area contributed by atoms with Crippen LogP contribution in [-0.4, -0.2) is 41.3 Å². The summed E-state index contributed by atoms with van der Waals surface area (Å²) in [6.45, 7) is 0.158. The van der Waals surface area contributed by atoms with E-state index in [4.69, 9.17) is 4.52 Å². The van der Waals surface area contributed by atoms with Gasteiger partial charge in [0.2, 0.25) is 11.8 Å². The number of nitrogens with one attached hydrogen (secondary N) is 1. The predicted octanol–water partition coefficient (Wildman–Crippen LogP) is 1.99. The van der Waals surface area contributed by atoms with Crippen LogP contribution in [0.5, 0.6) is 0 Å². The quantitative estimate of drug-likeness (QED) is 0.832. The lowest BCUT2D eigenvalue weighted by Gasteiger charge is -2.23. The number of aromatic nitrogens is 2. The molecule has 23 heavy (non-hydrogen) atoms. The van der Waals surface area contributed by atoms with Crippen LogP contribution in [0.15, 0.2) is 28.8 Å². The van der Waals surface area contributed by atoms with Gasteiger partial charge in [0.05, 0.1) is 12.3 Å². The van der Waals surface area contributed by atoms with E-state index < -0.39 is 6.04 Å². The van der Waals surface area contributed by atoms with Crippen molar-refractivity contribution in [2.45, 2.75) is 18.3 Å². The largest absolute Gasteiger partial charge is 0.345 e. The van der Waals surface area contributed by atoms with Gasteiger partial charge in [0.25, 0.3) is 0 Å². The molecule has 1 amide bonds. The third-order valence-corrected chi connectivity index (χ3v) is 3.69. The molecule has 6 nitrogen and oxygen atoms in total. The highest BCUT2D eigenvalue weighted by atomic mass is 32.2. The van der Waals surface area contributed by atoms with Crippen molar-refractivity contribution in [3.8, 4) is 0 Å². The van der Waals surface area contributed by atoms with Gasteiger partial charge in [-0.05, 0) is 38.0 Å². The average molecular weight is 338 g/mol. The summed E-state index contributed by atoms with van der Waals surface area (Å²) in [7, 11) is 3.58. The number of nitrogens with zero attached hydrogens (tertiary/aromatic N) is 3. The molecule has 1 heterocycles. The second-order valence-corrected chi connectivity index (χ2v) is 6.04. The van der Waals surface area contributed by atoms with Crippen LogP contribution in [0.3, 0.4) is 0 Å². The Morgan fingerprint density at radius 3 is 2.70 bits per heavy atom. The van der Waals surface area contributed by atoms with Gasteiger partial charge in [0.1, 0.15) is 11.9 Å². The molecule has 0 aliphatic carbocycles. The van der Waals surface area contributed by atoms with Gasteiger partial charge in [-0.1, -0.05) is 17.3 Å². The topological polar surface area (TPSA) is 71.3 Å². The molecule has 0 aliphatic heterocycles. The highest BCUT2D eigenvalue weighted by Gasteiger charge is 2.23. The first kappa shape index (κ1) is 17.4. The van der Waals surface area contributed by atoms with E-state index in [9.17, 15) is 9.18 Å². The van der Waals surface area contributed by atoms with Crippen LogP contribution in [0.4, 0.5) is 4.39 Å². The molecule has 1 unspecified atom stereocenters. The molecule has 0 bridgehead atoms. The van der Waals surface area contributed by atoms with Crippen molar-refractivity contribution in [2.75, 3.05) is 20.4 Å². The molecule has 2 rings (SSSR count). The second kappa shape index (κ2) is 8.07. The van der Waals surface area contributed by atoms with Crippen LogP contribution in [0.25, 0.3) is 0 Å². The van der Waals surface area contributed by atoms with Gasteiger partial charge in [0.15, 0.2) is 5.82 Å². The summed E-state index contributed by atoms with van der Waals surface area (Å²) in [4.78, 5) is 18.4. The molecule has 1 N–H and O–H groups in total. The molecular weight excluding hydrogens is 319 g/mol. The van der Waals surface area contributed by atoms with Gasteiger partial charge in [-0.15, -0.1) is 0 Å². The number of halogens is 1. The van der Waals surface area contributed by atoms with Crippen LogP contribution in [0.2, 0.25) is 0 Å². The first-order valence-corrected chi connectivity index (χ1v) is 8.40. The Bertz CT molecular complexity index is 645. The van der Waals surface area contributed by atoms with Crippen molar-refractivity contribution in [3.05, 3.63) is 47.4 Å². The smallest absolute Gasteiger partial charge is 0.246 e. The second-order valence-electron chi connectivity index (χ2n) is 5.17. The highest BCUT2D eigenvalue weighted by molar-refractivity contribution is 7.97. The number of rotatable bonds is 7. The van der Waals surface area contributed by atoms with Gasteiger partial charge in [-0.2, -0.15) is 16.7 Å². The molecule has 124 valence electrons. The minimum atomic E-state index is -0.524. The molecule has 0 spiro atoms. The first-order valence-electron chi connectivity index (χ1n) is 7.01. The standard InChI is InChI=1S/C15H19FN4O2S/c1-20(2)14(10-4-6-11(16)7-5-10)15(21)17-8-13-18-12(9-23-3)19-22-13/h4-7,14H,8-9H2,1-3H3,(H,17,21). The molecule has 8 heteroatoms. The summed E-state index contributed by atoms with van der Waals surface area (Å²) in [5, 5.41) is 6.59. The lowest BCUT2D eigenvalue weighted by Crippen LogP contribution is -2.36. The fraction of sp³-hybridized carbons (Fsp3) is 0.400. The number of amides is 1. The zero-order valence-electron chi connectivity index (χ0n) is 13.2. The average Bonchev–Trinajstić information content (AvgIpc) is 2.95. The lowest BCUT2D eigenvalue weighted by molar-refractivity contribution is -0.126. The number of carbonyl (C=O) groups excluding carboxylic acids is 1. The summed E-state index contributed by atoms with van der Waals surface area (Å²) in [6, 6.07) is 5.35. The fourth-order valence-electron chi connectivity index (χ4n) is 2.14. The van der Waals surface area contributed by atoms with Crippen molar-refractivity contribution in [1.82, 2.24) is 20.4 Å². The van der Waals surface area contributed by atoms with E-state index in [1.54, 1.807) is 42.9 Å². The number of thioether (sulfide) groups is 1. The van der Waals surface area contributed by atoms with Crippen molar-refractivity contribution < 1.29 is 13.7 Å². The number of hydrogen-bond acceptors (Lipinski definition) is 6. The van der Waals surface area contributed by atoms with Crippen LogP contribution in [0.1, 0.15) is 23.3 Å².